The Hall–Kier alpha value is -1.43. The number of rotatable bonds is 3. The maximum atomic E-state index is 12.7. The van der Waals surface area contributed by atoms with Crippen molar-refractivity contribution in [3.05, 3.63) is 38.3 Å². The zero-order valence-corrected chi connectivity index (χ0v) is 13.1. The molecule has 1 amide bonds. The second-order valence-corrected chi connectivity index (χ2v) is 5.89. The molecule has 2 atom stereocenters. The fourth-order valence-electron chi connectivity index (χ4n) is 2.80. The van der Waals surface area contributed by atoms with E-state index in [1.807, 2.05) is 11.8 Å². The lowest BCUT2D eigenvalue weighted by Crippen LogP contribution is -2.39. The molecule has 5 nitrogen and oxygen atoms in total. The quantitative estimate of drug-likeness (QED) is 0.621. The van der Waals surface area contributed by atoms with Crippen molar-refractivity contribution in [3.63, 3.8) is 0 Å². The maximum Gasteiger partial charge on any atom is 0.284 e. The maximum absolute atomic E-state index is 12.7. The summed E-state index contributed by atoms with van der Waals surface area (Å²) in [6.07, 6.45) is 2.88. The summed E-state index contributed by atoms with van der Waals surface area (Å²) < 4.78 is 0.268. The number of nitrogens with zero attached hydrogens (tertiary/aromatic N) is 2. The van der Waals surface area contributed by atoms with E-state index in [-0.39, 0.29) is 28.2 Å². The third-order valence-electron chi connectivity index (χ3n) is 3.90. The van der Waals surface area contributed by atoms with Crippen molar-refractivity contribution in [1.29, 1.82) is 0 Å². The highest BCUT2D eigenvalue weighted by atomic mass is 79.9. The molecule has 0 N–H and O–H groups in total. The van der Waals surface area contributed by atoms with Crippen LogP contribution in [-0.4, -0.2) is 27.8 Å². The number of hydrogen-bond acceptors (Lipinski definition) is 3. The van der Waals surface area contributed by atoms with E-state index in [9.17, 15) is 14.9 Å². The largest absolute Gasteiger partial charge is 0.333 e. The normalized spacial score (nSPS) is 22.1. The molecule has 2 unspecified atom stereocenters. The van der Waals surface area contributed by atoms with Gasteiger partial charge < -0.3 is 4.90 Å². The number of likely N-dealkylation sites (tertiary alicyclic amines) is 1. The first-order chi connectivity index (χ1) is 9.47. The van der Waals surface area contributed by atoms with Gasteiger partial charge in [-0.2, -0.15) is 0 Å². The molecule has 1 saturated heterocycles. The summed E-state index contributed by atoms with van der Waals surface area (Å²) in [6.45, 7) is 4.09. The number of hydrogen-bond donors (Lipinski definition) is 0. The fraction of sp³-hybridized carbons (Fsp3) is 0.500. The van der Waals surface area contributed by atoms with E-state index in [1.165, 1.54) is 6.07 Å². The number of nitro groups is 1. The smallest absolute Gasteiger partial charge is 0.284 e. The molecule has 1 aliphatic rings. The number of amides is 1. The van der Waals surface area contributed by atoms with Crippen molar-refractivity contribution < 1.29 is 9.72 Å². The van der Waals surface area contributed by atoms with Gasteiger partial charge in [-0.25, -0.2) is 0 Å². The highest BCUT2D eigenvalue weighted by Crippen LogP contribution is 2.33. The first-order valence-electron chi connectivity index (χ1n) is 6.73. The van der Waals surface area contributed by atoms with Crippen LogP contribution in [-0.2, 0) is 0 Å². The van der Waals surface area contributed by atoms with Gasteiger partial charge in [-0.15, -0.1) is 0 Å². The molecule has 20 heavy (non-hydrogen) atoms. The number of benzene rings is 1. The molecule has 0 spiro atoms. The van der Waals surface area contributed by atoms with Crippen LogP contribution in [0, 0.1) is 10.1 Å². The van der Waals surface area contributed by atoms with Gasteiger partial charge in [0, 0.05) is 18.2 Å². The lowest BCUT2D eigenvalue weighted by Gasteiger charge is -2.28. The summed E-state index contributed by atoms with van der Waals surface area (Å²) in [7, 11) is 0. The van der Waals surface area contributed by atoms with Gasteiger partial charge >= 0.3 is 0 Å². The molecule has 1 aliphatic heterocycles. The summed E-state index contributed by atoms with van der Waals surface area (Å²) in [5, 5.41) is 11.0. The third-order valence-corrected chi connectivity index (χ3v) is 4.73. The zero-order chi connectivity index (χ0) is 14.9. The average Bonchev–Trinajstić information content (AvgIpc) is 2.79. The molecule has 0 radical (unpaired) electrons. The highest BCUT2D eigenvalue weighted by Gasteiger charge is 2.35. The summed E-state index contributed by atoms with van der Waals surface area (Å²) in [5.74, 6) is -0.127. The third kappa shape index (κ3) is 2.57. The second-order valence-electron chi connectivity index (χ2n) is 5.10. The Morgan fingerprint density at radius 2 is 2.20 bits per heavy atom. The first kappa shape index (κ1) is 15.0. The van der Waals surface area contributed by atoms with Crippen LogP contribution in [0.2, 0.25) is 0 Å². The predicted octanol–water partition coefficient (Wildman–Crippen LogP) is 3.76. The standard InChI is InChI=1S/C14H17BrN2O3/c1-3-10-8-7-9(2)16(10)14(18)11-5-4-6-12(13(11)15)17(19)20/h4-6,9-10H,3,7-8H2,1-2H3. The molecular weight excluding hydrogens is 324 g/mol. The van der Waals surface area contributed by atoms with E-state index in [4.69, 9.17) is 0 Å². The number of nitro benzene ring substituents is 1. The molecule has 1 fully saturated rings. The summed E-state index contributed by atoms with van der Waals surface area (Å²) >= 11 is 3.20. The van der Waals surface area contributed by atoms with Crippen LogP contribution in [0.15, 0.2) is 22.7 Å². The minimum atomic E-state index is -0.481. The molecule has 1 aromatic carbocycles. The van der Waals surface area contributed by atoms with Crippen LogP contribution in [0.4, 0.5) is 5.69 Å². The van der Waals surface area contributed by atoms with Gasteiger partial charge in [0.25, 0.3) is 11.6 Å². The highest BCUT2D eigenvalue weighted by molar-refractivity contribution is 9.10. The Kier molecular flexibility index (Phi) is 4.42. The van der Waals surface area contributed by atoms with Gasteiger partial charge in [0.15, 0.2) is 0 Å². The Morgan fingerprint density at radius 3 is 2.80 bits per heavy atom. The minimum Gasteiger partial charge on any atom is -0.333 e. The van der Waals surface area contributed by atoms with E-state index >= 15 is 0 Å². The van der Waals surface area contributed by atoms with Crippen molar-refractivity contribution in [2.75, 3.05) is 0 Å². The Morgan fingerprint density at radius 1 is 1.50 bits per heavy atom. The van der Waals surface area contributed by atoms with Gasteiger partial charge in [0.2, 0.25) is 0 Å². The van der Waals surface area contributed by atoms with Crippen LogP contribution in [0.3, 0.4) is 0 Å². The Balaban J connectivity index is 2.39. The average molecular weight is 341 g/mol. The van der Waals surface area contributed by atoms with Crippen LogP contribution in [0.25, 0.3) is 0 Å². The van der Waals surface area contributed by atoms with Gasteiger partial charge in [-0.3, -0.25) is 14.9 Å². The molecule has 1 aromatic rings. The van der Waals surface area contributed by atoms with Crippen LogP contribution in [0.1, 0.15) is 43.5 Å². The predicted molar refractivity (Wildman–Crippen MR) is 79.7 cm³/mol. The molecule has 0 aliphatic carbocycles. The van der Waals surface area contributed by atoms with Crippen LogP contribution in [0.5, 0.6) is 0 Å². The van der Waals surface area contributed by atoms with Crippen molar-refractivity contribution in [2.24, 2.45) is 0 Å². The van der Waals surface area contributed by atoms with E-state index in [0.717, 1.165) is 19.3 Å². The molecule has 0 saturated carbocycles. The zero-order valence-electron chi connectivity index (χ0n) is 11.5. The molecule has 2 rings (SSSR count). The molecule has 1 heterocycles. The van der Waals surface area contributed by atoms with E-state index in [0.29, 0.717) is 5.56 Å². The number of carbonyl (C=O) groups is 1. The molecule has 0 bridgehead atoms. The van der Waals surface area contributed by atoms with Crippen molar-refractivity contribution in [2.45, 2.75) is 45.2 Å². The topological polar surface area (TPSA) is 63.5 Å². The van der Waals surface area contributed by atoms with Crippen molar-refractivity contribution >= 4 is 27.5 Å². The van der Waals surface area contributed by atoms with E-state index in [2.05, 4.69) is 22.9 Å². The molecular formula is C14H17BrN2O3. The lowest BCUT2D eigenvalue weighted by molar-refractivity contribution is -0.385. The van der Waals surface area contributed by atoms with E-state index in [1.54, 1.807) is 12.1 Å². The van der Waals surface area contributed by atoms with E-state index < -0.39 is 4.92 Å². The van der Waals surface area contributed by atoms with Crippen LogP contribution < -0.4 is 0 Å². The van der Waals surface area contributed by atoms with Crippen molar-refractivity contribution in [1.82, 2.24) is 4.90 Å². The van der Waals surface area contributed by atoms with Gasteiger partial charge in [0.05, 0.1) is 10.5 Å². The summed E-state index contributed by atoms with van der Waals surface area (Å²) in [6, 6.07) is 4.99. The SMILES string of the molecule is CCC1CCC(C)N1C(=O)c1cccc([N+](=O)[O-])c1Br. The van der Waals surface area contributed by atoms with Crippen LogP contribution >= 0.6 is 15.9 Å². The lowest BCUT2D eigenvalue weighted by atomic mass is 10.1. The fourth-order valence-corrected chi connectivity index (χ4v) is 3.38. The second kappa shape index (κ2) is 5.91. The van der Waals surface area contributed by atoms with Gasteiger partial charge in [-0.05, 0) is 48.2 Å². The Labute approximate surface area is 126 Å². The Bertz CT molecular complexity index is 547. The molecule has 108 valence electrons. The van der Waals surface area contributed by atoms with Crippen molar-refractivity contribution in [3.8, 4) is 0 Å². The number of halogens is 1. The number of carbonyl (C=O) groups excluding carboxylic acids is 1. The monoisotopic (exact) mass is 340 g/mol. The molecule has 6 heteroatoms. The summed E-state index contributed by atoms with van der Waals surface area (Å²) in [5.41, 5.74) is 0.294. The minimum absolute atomic E-state index is 0.0734. The molecule has 0 aromatic heterocycles. The summed E-state index contributed by atoms with van der Waals surface area (Å²) in [4.78, 5) is 25.0. The first-order valence-corrected chi connectivity index (χ1v) is 7.52. The van der Waals surface area contributed by atoms with Gasteiger partial charge in [0.1, 0.15) is 4.47 Å². The van der Waals surface area contributed by atoms with Gasteiger partial charge in [-0.1, -0.05) is 13.0 Å².